The molecular weight excluding hydrogens is 437 g/mol. The van der Waals surface area contributed by atoms with Crippen molar-refractivity contribution < 1.29 is 41.9 Å². The summed E-state index contributed by atoms with van der Waals surface area (Å²) in [5.41, 5.74) is -2.32. The molecule has 174 valence electrons. The predicted molar refractivity (Wildman–Crippen MR) is 101 cm³/mol. The largest absolute Gasteiger partial charge is 0.454 e. The number of alkyl halides is 3. The van der Waals surface area contributed by atoms with Crippen LogP contribution in [0.4, 0.5) is 13.2 Å². The van der Waals surface area contributed by atoms with E-state index in [0.717, 1.165) is 18.3 Å². The summed E-state index contributed by atoms with van der Waals surface area (Å²) < 4.78 is 43.8. The van der Waals surface area contributed by atoms with Crippen LogP contribution in [0.3, 0.4) is 0 Å². The fraction of sp³-hybridized carbons (Fsp3) is 0.474. The van der Waals surface area contributed by atoms with E-state index in [2.05, 4.69) is 20.9 Å². The van der Waals surface area contributed by atoms with Crippen molar-refractivity contribution in [2.24, 2.45) is 5.92 Å². The number of Topliss-reactive ketones (excluding diaryl/α,β-unsaturated/α-hetero) is 1. The van der Waals surface area contributed by atoms with E-state index in [4.69, 9.17) is 4.74 Å². The lowest BCUT2D eigenvalue weighted by atomic mass is 9.90. The van der Waals surface area contributed by atoms with E-state index >= 15 is 0 Å². The molecule has 3 amide bonds. The minimum Gasteiger partial charge on any atom is -0.454 e. The van der Waals surface area contributed by atoms with Crippen LogP contribution in [0.2, 0.25) is 0 Å². The smallest absolute Gasteiger partial charge is 0.434 e. The average Bonchev–Trinajstić information content (AvgIpc) is 2.76. The van der Waals surface area contributed by atoms with Crippen LogP contribution in [0.1, 0.15) is 35.3 Å². The molecule has 1 aliphatic heterocycles. The Balaban J connectivity index is 2.08. The van der Waals surface area contributed by atoms with E-state index in [1.165, 1.54) is 0 Å². The minimum atomic E-state index is -4.91. The van der Waals surface area contributed by atoms with E-state index in [9.17, 15) is 37.1 Å². The number of ether oxygens (including phenoxy) is 1. The second kappa shape index (κ2) is 11.2. The molecule has 13 heteroatoms. The van der Waals surface area contributed by atoms with Crippen LogP contribution in [0, 0.1) is 5.92 Å². The van der Waals surface area contributed by atoms with Gasteiger partial charge in [0.05, 0.1) is 18.2 Å². The van der Waals surface area contributed by atoms with Crippen molar-refractivity contribution in [3.05, 3.63) is 29.6 Å². The SMILES string of the molecule is O=CNCC(=O)NC(C[C@@H]1CCCNC1=O)C(=O)COC(=O)c1cccnc1C(F)(F)F. The molecule has 1 aromatic heterocycles. The molecule has 2 heterocycles. The highest BCUT2D eigenvalue weighted by Gasteiger charge is 2.38. The van der Waals surface area contributed by atoms with Gasteiger partial charge >= 0.3 is 12.1 Å². The van der Waals surface area contributed by atoms with E-state index in [-0.39, 0.29) is 18.7 Å². The molecule has 0 aliphatic carbocycles. The number of halogens is 3. The molecule has 1 aliphatic rings. The third kappa shape index (κ3) is 7.03. The van der Waals surface area contributed by atoms with Gasteiger partial charge in [0, 0.05) is 18.7 Å². The first-order chi connectivity index (χ1) is 15.1. The zero-order valence-electron chi connectivity index (χ0n) is 16.7. The summed E-state index contributed by atoms with van der Waals surface area (Å²) in [4.78, 5) is 62.1. The molecule has 0 aromatic carbocycles. The molecule has 10 nitrogen and oxygen atoms in total. The quantitative estimate of drug-likeness (QED) is 0.330. The Bertz CT molecular complexity index is 877. The molecule has 1 unspecified atom stereocenters. The molecule has 0 radical (unpaired) electrons. The number of ketones is 1. The Morgan fingerprint density at radius 3 is 2.75 bits per heavy atom. The fourth-order valence-electron chi connectivity index (χ4n) is 3.11. The summed E-state index contributed by atoms with van der Waals surface area (Å²) in [6, 6.07) is 0.714. The van der Waals surface area contributed by atoms with E-state index < -0.39 is 60.2 Å². The summed E-state index contributed by atoms with van der Waals surface area (Å²) >= 11 is 0. The molecule has 1 aromatic rings. The highest BCUT2D eigenvalue weighted by molar-refractivity contribution is 5.95. The number of nitrogens with zero attached hydrogens (tertiary/aromatic N) is 1. The van der Waals surface area contributed by atoms with Crippen LogP contribution in [-0.2, 0) is 30.1 Å². The Morgan fingerprint density at radius 2 is 2.09 bits per heavy atom. The standard InChI is InChI=1S/C19H21F3N4O6/c20-19(21,22)16-12(4-2-5-24-16)18(31)32-9-14(28)13(26-15(29)8-23-10-27)7-11-3-1-6-25-17(11)30/h2,4-5,10-11,13H,1,3,6-9H2,(H,23,27)(H,25,30)(H,26,29)/t11-,13?/m0/s1. The van der Waals surface area contributed by atoms with Gasteiger partial charge in [-0.05, 0) is 31.4 Å². The first kappa shape index (κ1) is 24.8. The lowest BCUT2D eigenvalue weighted by Crippen LogP contribution is -2.49. The molecule has 32 heavy (non-hydrogen) atoms. The number of amides is 3. The zero-order chi connectivity index (χ0) is 23.7. The van der Waals surface area contributed by atoms with Crippen molar-refractivity contribution in [3.63, 3.8) is 0 Å². The molecule has 0 saturated carbocycles. The van der Waals surface area contributed by atoms with Crippen molar-refractivity contribution in [2.45, 2.75) is 31.5 Å². The van der Waals surface area contributed by atoms with E-state index in [0.29, 0.717) is 19.4 Å². The topological polar surface area (TPSA) is 144 Å². The number of aromatic nitrogens is 1. The predicted octanol–water partition coefficient (Wildman–Crippen LogP) is -0.0266. The first-order valence-corrected chi connectivity index (χ1v) is 9.59. The number of carbonyl (C=O) groups is 5. The van der Waals surface area contributed by atoms with Crippen molar-refractivity contribution in [1.82, 2.24) is 20.9 Å². The van der Waals surface area contributed by atoms with Crippen LogP contribution in [0.15, 0.2) is 18.3 Å². The summed E-state index contributed by atoms with van der Waals surface area (Å²) in [7, 11) is 0. The highest BCUT2D eigenvalue weighted by Crippen LogP contribution is 2.30. The number of esters is 1. The second-order valence-corrected chi connectivity index (χ2v) is 6.92. The fourth-order valence-corrected chi connectivity index (χ4v) is 3.11. The lowest BCUT2D eigenvalue weighted by molar-refractivity contribution is -0.141. The molecule has 2 rings (SSSR count). The molecule has 1 saturated heterocycles. The van der Waals surface area contributed by atoms with Gasteiger partial charge in [-0.15, -0.1) is 0 Å². The second-order valence-electron chi connectivity index (χ2n) is 6.92. The molecule has 1 fully saturated rings. The number of hydrogen-bond donors (Lipinski definition) is 3. The zero-order valence-corrected chi connectivity index (χ0v) is 16.7. The van der Waals surface area contributed by atoms with Gasteiger partial charge in [-0.1, -0.05) is 0 Å². The van der Waals surface area contributed by atoms with Gasteiger partial charge in [0.25, 0.3) is 0 Å². The lowest BCUT2D eigenvalue weighted by Gasteiger charge is -2.26. The molecule has 0 bridgehead atoms. The van der Waals surface area contributed by atoms with Crippen LogP contribution in [0.5, 0.6) is 0 Å². The maximum Gasteiger partial charge on any atom is 0.434 e. The maximum atomic E-state index is 13.0. The summed E-state index contributed by atoms with van der Waals surface area (Å²) in [5, 5.41) is 7.10. The number of piperidine rings is 1. The van der Waals surface area contributed by atoms with Crippen molar-refractivity contribution in [2.75, 3.05) is 19.7 Å². The van der Waals surface area contributed by atoms with Gasteiger partial charge in [-0.2, -0.15) is 13.2 Å². The van der Waals surface area contributed by atoms with Gasteiger partial charge in [0.2, 0.25) is 18.2 Å². The van der Waals surface area contributed by atoms with Crippen LogP contribution in [0.25, 0.3) is 0 Å². The molecule has 2 atom stereocenters. The van der Waals surface area contributed by atoms with Crippen LogP contribution < -0.4 is 16.0 Å². The van der Waals surface area contributed by atoms with E-state index in [1.54, 1.807) is 0 Å². The molecule has 0 spiro atoms. The van der Waals surface area contributed by atoms with E-state index in [1.807, 2.05) is 0 Å². The third-order valence-corrected chi connectivity index (χ3v) is 4.63. The summed E-state index contributed by atoms with van der Waals surface area (Å²) in [6.45, 7) is -0.895. The molecular formula is C19H21F3N4O6. The van der Waals surface area contributed by atoms with Gasteiger partial charge < -0.3 is 20.7 Å². The van der Waals surface area contributed by atoms with Gasteiger partial charge in [-0.25, -0.2) is 4.79 Å². The third-order valence-electron chi connectivity index (χ3n) is 4.63. The number of nitrogens with one attached hydrogen (secondary N) is 3. The van der Waals surface area contributed by atoms with Crippen molar-refractivity contribution in [3.8, 4) is 0 Å². The van der Waals surface area contributed by atoms with Gasteiger partial charge in [0.15, 0.2) is 18.1 Å². The van der Waals surface area contributed by atoms with Crippen LogP contribution >= 0.6 is 0 Å². The van der Waals surface area contributed by atoms with Crippen molar-refractivity contribution >= 4 is 30.0 Å². The minimum absolute atomic E-state index is 0.101. The number of hydrogen-bond acceptors (Lipinski definition) is 7. The number of rotatable bonds is 10. The molecule has 3 N–H and O–H groups in total. The Morgan fingerprint density at radius 1 is 1.34 bits per heavy atom. The Labute approximate surface area is 180 Å². The number of carbonyl (C=O) groups excluding carboxylic acids is 5. The summed E-state index contributed by atoms with van der Waals surface area (Å²) in [6.07, 6.45) is -2.75. The normalized spacial score (nSPS) is 17.0. The Kier molecular flexibility index (Phi) is 8.67. The van der Waals surface area contributed by atoms with Crippen LogP contribution in [-0.4, -0.2) is 60.7 Å². The monoisotopic (exact) mass is 458 g/mol. The highest BCUT2D eigenvalue weighted by atomic mass is 19.4. The van der Waals surface area contributed by atoms with Gasteiger partial charge in [0.1, 0.15) is 0 Å². The number of pyridine rings is 1. The van der Waals surface area contributed by atoms with Crippen molar-refractivity contribution in [1.29, 1.82) is 0 Å². The van der Waals surface area contributed by atoms with Gasteiger partial charge in [-0.3, -0.25) is 24.2 Å². The Hall–Kier alpha value is -3.51. The first-order valence-electron chi connectivity index (χ1n) is 9.59. The summed E-state index contributed by atoms with van der Waals surface area (Å²) in [5.74, 6) is -3.88. The average molecular weight is 458 g/mol. The maximum absolute atomic E-state index is 13.0.